The molecule has 33 heavy (non-hydrogen) atoms. The van der Waals surface area contributed by atoms with Gasteiger partial charge in [-0.25, -0.2) is 4.79 Å². The molecule has 0 bridgehead atoms. The largest absolute Gasteiger partial charge is 0.437 e. The van der Waals surface area contributed by atoms with Gasteiger partial charge in [0.1, 0.15) is 0 Å². The fourth-order valence-electron chi connectivity index (χ4n) is 5.52. The van der Waals surface area contributed by atoms with Crippen LogP contribution < -0.4 is 4.90 Å². The fourth-order valence-corrected chi connectivity index (χ4v) is 5.52. The standard InChI is InChI=1S/C25H36F3N3O2/c1-18-4-5-21(22(14-18)31-10-6-19(2)15-31)16-29-11-7-24(17-29)8-12-30(13-9-24)23(32)33-20(3)25(26,27)28/h4-5,14,19-20H,6-13,15-17H2,1-3H3. The Morgan fingerprint density at radius 2 is 1.88 bits per heavy atom. The van der Waals surface area contributed by atoms with Crippen molar-refractivity contribution in [2.75, 3.05) is 44.2 Å². The number of hydrogen-bond donors (Lipinski definition) is 0. The number of alkyl halides is 3. The number of ether oxygens (including phenoxy) is 1. The lowest BCUT2D eigenvalue weighted by Gasteiger charge is -2.39. The number of carbonyl (C=O) groups excluding carboxylic acids is 1. The fraction of sp³-hybridized carbons (Fsp3) is 0.720. The van der Waals surface area contributed by atoms with Crippen LogP contribution in [0.25, 0.3) is 0 Å². The third-order valence-electron chi connectivity index (χ3n) is 7.74. The molecule has 1 aromatic carbocycles. The van der Waals surface area contributed by atoms with E-state index in [-0.39, 0.29) is 5.41 Å². The summed E-state index contributed by atoms with van der Waals surface area (Å²) < 4.78 is 42.7. The zero-order chi connectivity index (χ0) is 23.8. The van der Waals surface area contributed by atoms with Crippen molar-refractivity contribution in [1.29, 1.82) is 0 Å². The number of hydrogen-bond acceptors (Lipinski definition) is 4. The van der Waals surface area contributed by atoms with Gasteiger partial charge in [0.15, 0.2) is 6.10 Å². The second-order valence-corrected chi connectivity index (χ2v) is 10.5. The molecule has 5 nitrogen and oxygen atoms in total. The molecule has 2 unspecified atom stereocenters. The number of likely N-dealkylation sites (tertiary alicyclic amines) is 2. The maximum atomic E-state index is 12.7. The first-order valence-electron chi connectivity index (χ1n) is 12.1. The van der Waals surface area contributed by atoms with Gasteiger partial charge in [-0.05, 0) is 74.6 Å². The molecule has 3 saturated heterocycles. The van der Waals surface area contributed by atoms with Crippen molar-refractivity contribution < 1.29 is 22.7 Å². The molecule has 2 atom stereocenters. The Kier molecular flexibility index (Phi) is 6.85. The first kappa shape index (κ1) is 24.2. The second kappa shape index (κ2) is 9.35. The molecule has 1 amide bonds. The minimum absolute atomic E-state index is 0.138. The molecule has 8 heteroatoms. The quantitative estimate of drug-likeness (QED) is 0.609. The van der Waals surface area contributed by atoms with Crippen LogP contribution in [0.3, 0.4) is 0 Å². The molecule has 3 heterocycles. The van der Waals surface area contributed by atoms with Crippen LogP contribution in [0.1, 0.15) is 50.7 Å². The van der Waals surface area contributed by atoms with E-state index in [1.165, 1.54) is 28.1 Å². The van der Waals surface area contributed by atoms with Crippen LogP contribution in [0.4, 0.5) is 23.7 Å². The highest BCUT2D eigenvalue weighted by atomic mass is 19.4. The van der Waals surface area contributed by atoms with Crippen molar-refractivity contribution in [1.82, 2.24) is 9.80 Å². The van der Waals surface area contributed by atoms with E-state index >= 15 is 0 Å². The Bertz CT molecular complexity index is 852. The highest BCUT2D eigenvalue weighted by Gasteiger charge is 2.44. The Morgan fingerprint density at radius 3 is 2.52 bits per heavy atom. The van der Waals surface area contributed by atoms with Gasteiger partial charge in [-0.2, -0.15) is 13.2 Å². The van der Waals surface area contributed by atoms with Crippen LogP contribution in [0, 0.1) is 18.3 Å². The predicted molar refractivity (Wildman–Crippen MR) is 122 cm³/mol. The van der Waals surface area contributed by atoms with Crippen LogP contribution in [0.15, 0.2) is 18.2 Å². The van der Waals surface area contributed by atoms with Crippen molar-refractivity contribution in [2.45, 2.75) is 65.3 Å². The summed E-state index contributed by atoms with van der Waals surface area (Å²) in [7, 11) is 0. The zero-order valence-corrected chi connectivity index (χ0v) is 20.0. The Balaban J connectivity index is 1.33. The van der Waals surface area contributed by atoms with Crippen molar-refractivity contribution >= 4 is 11.8 Å². The topological polar surface area (TPSA) is 36.0 Å². The van der Waals surface area contributed by atoms with Gasteiger partial charge in [0.25, 0.3) is 0 Å². The predicted octanol–water partition coefficient (Wildman–Crippen LogP) is 5.22. The number of anilines is 1. The van der Waals surface area contributed by atoms with E-state index in [1.807, 2.05) is 0 Å². The van der Waals surface area contributed by atoms with Crippen LogP contribution >= 0.6 is 0 Å². The molecular weight excluding hydrogens is 431 g/mol. The molecule has 0 saturated carbocycles. The molecule has 1 aromatic rings. The highest BCUT2D eigenvalue weighted by molar-refractivity contribution is 5.68. The SMILES string of the molecule is Cc1ccc(CN2CCC3(CCN(C(=O)OC(C)C(F)(F)F)CC3)C2)c(N2CCC(C)C2)c1. The van der Waals surface area contributed by atoms with E-state index in [4.69, 9.17) is 0 Å². The van der Waals surface area contributed by atoms with E-state index in [0.717, 1.165) is 64.8 Å². The molecular formula is C25H36F3N3O2. The number of carbonyl (C=O) groups is 1. The first-order chi connectivity index (χ1) is 15.5. The molecule has 3 fully saturated rings. The zero-order valence-electron chi connectivity index (χ0n) is 20.0. The number of amides is 1. The minimum Gasteiger partial charge on any atom is -0.437 e. The van der Waals surface area contributed by atoms with Gasteiger partial charge < -0.3 is 14.5 Å². The Morgan fingerprint density at radius 1 is 1.18 bits per heavy atom. The molecule has 1 spiro atoms. The van der Waals surface area contributed by atoms with Gasteiger partial charge in [-0.15, -0.1) is 0 Å². The first-order valence-corrected chi connectivity index (χ1v) is 12.1. The molecule has 4 rings (SSSR count). The summed E-state index contributed by atoms with van der Waals surface area (Å²) >= 11 is 0. The molecule has 3 aliphatic rings. The van der Waals surface area contributed by atoms with Gasteiger partial charge in [0.2, 0.25) is 0 Å². The van der Waals surface area contributed by atoms with Crippen LogP contribution in [-0.4, -0.2) is 67.4 Å². The molecule has 3 aliphatic heterocycles. The number of halogens is 3. The Hall–Kier alpha value is -1.96. The number of aryl methyl sites for hydroxylation is 1. The maximum Gasteiger partial charge on any atom is 0.425 e. The second-order valence-electron chi connectivity index (χ2n) is 10.5. The summed E-state index contributed by atoms with van der Waals surface area (Å²) in [5, 5.41) is 0. The van der Waals surface area contributed by atoms with Crippen LogP contribution in [-0.2, 0) is 11.3 Å². The van der Waals surface area contributed by atoms with Crippen molar-refractivity contribution in [2.24, 2.45) is 11.3 Å². The molecule has 0 aliphatic carbocycles. The summed E-state index contributed by atoms with van der Waals surface area (Å²) in [6, 6.07) is 6.76. The molecule has 0 radical (unpaired) electrons. The van der Waals surface area contributed by atoms with Crippen LogP contribution in [0.5, 0.6) is 0 Å². The van der Waals surface area contributed by atoms with Crippen molar-refractivity contribution in [3.8, 4) is 0 Å². The van der Waals surface area contributed by atoms with E-state index in [9.17, 15) is 18.0 Å². The number of rotatable bonds is 4. The molecule has 0 aromatic heterocycles. The molecule has 184 valence electrons. The highest BCUT2D eigenvalue weighted by Crippen LogP contribution is 2.41. The summed E-state index contributed by atoms with van der Waals surface area (Å²) in [5.41, 5.74) is 4.15. The third-order valence-corrected chi connectivity index (χ3v) is 7.74. The van der Waals surface area contributed by atoms with E-state index < -0.39 is 18.4 Å². The summed E-state index contributed by atoms with van der Waals surface area (Å²) in [4.78, 5) is 18.6. The van der Waals surface area contributed by atoms with Gasteiger partial charge in [0.05, 0.1) is 0 Å². The molecule has 0 N–H and O–H groups in total. The van der Waals surface area contributed by atoms with Gasteiger partial charge in [-0.3, -0.25) is 4.90 Å². The average molecular weight is 468 g/mol. The number of nitrogens with zero attached hydrogens (tertiary/aromatic N) is 3. The van der Waals surface area contributed by atoms with Gasteiger partial charge >= 0.3 is 12.3 Å². The van der Waals surface area contributed by atoms with Gasteiger partial charge in [0, 0.05) is 45.0 Å². The van der Waals surface area contributed by atoms with Crippen LogP contribution in [0.2, 0.25) is 0 Å². The lowest BCUT2D eigenvalue weighted by Crippen LogP contribution is -2.46. The smallest absolute Gasteiger partial charge is 0.425 e. The Labute approximate surface area is 194 Å². The van der Waals surface area contributed by atoms with Crippen molar-refractivity contribution in [3.63, 3.8) is 0 Å². The maximum absolute atomic E-state index is 12.7. The minimum atomic E-state index is -4.53. The average Bonchev–Trinajstić information content (AvgIpc) is 3.35. The number of benzene rings is 1. The van der Waals surface area contributed by atoms with E-state index in [0.29, 0.717) is 13.1 Å². The third kappa shape index (κ3) is 5.58. The normalized spacial score (nSPS) is 24.5. The summed E-state index contributed by atoms with van der Waals surface area (Å²) in [6.07, 6.45) is -3.54. The monoisotopic (exact) mass is 467 g/mol. The van der Waals surface area contributed by atoms with E-state index in [1.54, 1.807) is 0 Å². The van der Waals surface area contributed by atoms with Crippen molar-refractivity contribution in [3.05, 3.63) is 29.3 Å². The lowest BCUT2D eigenvalue weighted by atomic mass is 9.78. The van der Waals surface area contributed by atoms with E-state index in [2.05, 4.69) is 46.6 Å². The lowest BCUT2D eigenvalue weighted by molar-refractivity contribution is -0.200. The summed E-state index contributed by atoms with van der Waals surface area (Å²) in [5.74, 6) is 0.726. The summed E-state index contributed by atoms with van der Waals surface area (Å²) in [6.45, 7) is 11.4. The van der Waals surface area contributed by atoms with Gasteiger partial charge in [-0.1, -0.05) is 19.1 Å². The number of piperidine rings is 1.